The van der Waals surface area contributed by atoms with E-state index in [1.54, 1.807) is 13.0 Å². The van der Waals surface area contributed by atoms with E-state index in [-0.39, 0.29) is 24.3 Å². The second-order valence-corrected chi connectivity index (χ2v) is 7.73. The molecule has 6 nitrogen and oxygen atoms in total. The van der Waals surface area contributed by atoms with Gasteiger partial charge in [-0.3, -0.25) is 4.79 Å². The lowest BCUT2D eigenvalue weighted by molar-refractivity contribution is -0.152. The zero-order valence-electron chi connectivity index (χ0n) is 16.1. The minimum absolute atomic E-state index is 0.00664. The zero-order valence-corrected chi connectivity index (χ0v) is 16.1. The maximum Gasteiger partial charge on any atom is 0.446 e. The summed E-state index contributed by atoms with van der Waals surface area (Å²) >= 11 is 0. The molecule has 7 heteroatoms. The number of hydrogen-bond acceptors (Lipinski definition) is 6. The first-order valence-corrected chi connectivity index (χ1v) is 9.88. The van der Waals surface area contributed by atoms with Gasteiger partial charge in [0.25, 0.3) is 0 Å². The molecular weight excluding hydrogens is 345 g/mol. The fourth-order valence-electron chi connectivity index (χ4n) is 3.70. The lowest BCUT2D eigenvalue weighted by atomic mass is 9.64. The van der Waals surface area contributed by atoms with Crippen LogP contribution in [0.2, 0.25) is 5.82 Å². The molecule has 1 heterocycles. The molecule has 1 aromatic carbocycles. The van der Waals surface area contributed by atoms with E-state index in [2.05, 4.69) is 0 Å². The summed E-state index contributed by atoms with van der Waals surface area (Å²) in [5.74, 6) is -0.154. The van der Waals surface area contributed by atoms with Gasteiger partial charge in [0.15, 0.2) is 0 Å². The van der Waals surface area contributed by atoms with Crippen molar-refractivity contribution in [2.45, 2.75) is 76.8 Å². The van der Waals surface area contributed by atoms with Crippen molar-refractivity contribution in [1.29, 1.82) is 0 Å². The van der Waals surface area contributed by atoms with Crippen molar-refractivity contribution in [3.63, 3.8) is 0 Å². The summed E-state index contributed by atoms with van der Waals surface area (Å²) in [5.41, 5.74) is 7.28. The van der Waals surface area contributed by atoms with Crippen molar-refractivity contribution >= 4 is 19.0 Å². The third-order valence-corrected chi connectivity index (χ3v) is 5.29. The van der Waals surface area contributed by atoms with Crippen molar-refractivity contribution in [3.8, 4) is 5.75 Å². The lowest BCUT2D eigenvalue weighted by Gasteiger charge is -2.27. The third-order valence-electron chi connectivity index (χ3n) is 5.29. The smallest absolute Gasteiger partial charge is 0.446 e. The molecule has 2 atom stereocenters. The highest BCUT2D eigenvalue weighted by Gasteiger charge is 2.32. The normalized spacial score (nSPS) is 21.0. The minimum atomic E-state index is -0.569. The molecule has 146 valence electrons. The molecular formula is C20H28BNO5. The van der Waals surface area contributed by atoms with E-state index in [1.807, 2.05) is 19.1 Å². The standard InChI is InChI=1S/C20H28BNO5/c1-13-11-15-7-6-10-17(19(15)27-21(13)22)20(24)25-14(2)12-18(23)26-16-8-4-3-5-9-16/h6-7,10,13-14,16H,3-5,8-9,11-12,22H2,1-2H3. The second kappa shape index (κ2) is 8.78. The monoisotopic (exact) mass is 373 g/mol. The van der Waals surface area contributed by atoms with Crippen LogP contribution >= 0.6 is 0 Å². The molecule has 2 N–H and O–H groups in total. The Morgan fingerprint density at radius 3 is 2.78 bits per heavy atom. The van der Waals surface area contributed by atoms with E-state index in [0.29, 0.717) is 11.3 Å². The molecule has 1 fully saturated rings. The largest absolute Gasteiger partial charge is 0.545 e. The Hall–Kier alpha value is -2.02. The summed E-state index contributed by atoms with van der Waals surface area (Å²) in [5, 5.41) is 0. The highest BCUT2D eigenvalue weighted by atomic mass is 16.6. The topological polar surface area (TPSA) is 87.8 Å². The Bertz CT molecular complexity index is 689. The predicted molar refractivity (Wildman–Crippen MR) is 103 cm³/mol. The molecule has 1 aromatic rings. The van der Waals surface area contributed by atoms with E-state index >= 15 is 0 Å². The third kappa shape index (κ3) is 5.03. The van der Waals surface area contributed by atoms with Crippen molar-refractivity contribution in [2.24, 2.45) is 5.64 Å². The van der Waals surface area contributed by atoms with Crippen LogP contribution in [-0.2, 0) is 20.7 Å². The van der Waals surface area contributed by atoms with Gasteiger partial charge >= 0.3 is 19.0 Å². The number of benzene rings is 1. The number of nitrogens with two attached hydrogens (primary N) is 1. The van der Waals surface area contributed by atoms with Gasteiger partial charge in [-0.25, -0.2) is 4.79 Å². The first-order chi connectivity index (χ1) is 12.9. The quantitative estimate of drug-likeness (QED) is 0.630. The molecule has 2 unspecified atom stereocenters. The van der Waals surface area contributed by atoms with Crippen LogP contribution in [0, 0.1) is 0 Å². The molecule has 1 aliphatic carbocycles. The number of carbonyl (C=O) groups is 2. The van der Waals surface area contributed by atoms with E-state index < -0.39 is 19.1 Å². The van der Waals surface area contributed by atoms with Gasteiger partial charge in [0.1, 0.15) is 23.5 Å². The summed E-state index contributed by atoms with van der Waals surface area (Å²) < 4.78 is 16.7. The summed E-state index contributed by atoms with van der Waals surface area (Å²) in [6, 6.07) is 5.40. The molecule has 0 amide bonds. The van der Waals surface area contributed by atoms with Crippen LogP contribution in [0.5, 0.6) is 5.75 Å². The van der Waals surface area contributed by atoms with E-state index in [4.69, 9.17) is 19.8 Å². The number of rotatable bonds is 5. The van der Waals surface area contributed by atoms with Gasteiger partial charge in [-0.15, -0.1) is 0 Å². The Morgan fingerprint density at radius 1 is 1.30 bits per heavy atom. The van der Waals surface area contributed by atoms with Crippen LogP contribution in [0.25, 0.3) is 0 Å². The average molecular weight is 373 g/mol. The molecule has 3 rings (SSSR count). The van der Waals surface area contributed by atoms with Crippen LogP contribution in [0.4, 0.5) is 0 Å². The second-order valence-electron chi connectivity index (χ2n) is 7.73. The molecule has 2 aliphatic rings. The van der Waals surface area contributed by atoms with Gasteiger partial charge in [0.05, 0.1) is 6.42 Å². The van der Waals surface area contributed by atoms with Gasteiger partial charge in [0.2, 0.25) is 0 Å². The SMILES string of the molecule is CC(CC(=O)OC1CCCCC1)OC(=O)c1cccc2c1OB(N)C(C)C2. The van der Waals surface area contributed by atoms with Gasteiger partial charge in [-0.2, -0.15) is 0 Å². The van der Waals surface area contributed by atoms with Gasteiger partial charge < -0.3 is 19.8 Å². The van der Waals surface area contributed by atoms with Gasteiger partial charge in [-0.05, 0) is 56.5 Å². The fourth-order valence-corrected chi connectivity index (χ4v) is 3.70. The van der Waals surface area contributed by atoms with E-state index in [0.717, 1.165) is 37.7 Å². The minimum Gasteiger partial charge on any atom is -0.545 e. The van der Waals surface area contributed by atoms with Crippen LogP contribution in [0.15, 0.2) is 18.2 Å². The number of ether oxygens (including phenoxy) is 2. The van der Waals surface area contributed by atoms with Gasteiger partial charge in [-0.1, -0.05) is 25.5 Å². The van der Waals surface area contributed by atoms with E-state index in [1.165, 1.54) is 6.42 Å². The molecule has 0 spiro atoms. The first-order valence-electron chi connectivity index (χ1n) is 9.88. The van der Waals surface area contributed by atoms with Crippen LogP contribution in [0.3, 0.4) is 0 Å². The predicted octanol–water partition coefficient (Wildman–Crippen LogP) is 3.27. The molecule has 27 heavy (non-hydrogen) atoms. The zero-order chi connectivity index (χ0) is 19.4. The van der Waals surface area contributed by atoms with E-state index in [9.17, 15) is 9.59 Å². The maximum absolute atomic E-state index is 12.6. The van der Waals surface area contributed by atoms with Crippen molar-refractivity contribution in [2.75, 3.05) is 0 Å². The van der Waals surface area contributed by atoms with Crippen LogP contribution in [-0.4, -0.2) is 31.2 Å². The summed E-state index contributed by atoms with van der Waals surface area (Å²) in [6.45, 7) is 3.71. The maximum atomic E-state index is 12.6. The Morgan fingerprint density at radius 2 is 2.04 bits per heavy atom. The molecule has 1 aliphatic heterocycles. The summed E-state index contributed by atoms with van der Waals surface area (Å²) in [6.07, 6.45) is 5.49. The Balaban J connectivity index is 1.57. The fraction of sp³-hybridized carbons (Fsp3) is 0.600. The number of para-hydroxylation sites is 1. The van der Waals surface area contributed by atoms with Crippen LogP contribution < -0.4 is 10.3 Å². The number of fused-ring (bicyclic) bond motifs is 1. The number of carbonyl (C=O) groups excluding carboxylic acids is 2. The van der Waals surface area contributed by atoms with Gasteiger partial charge in [0, 0.05) is 0 Å². The Labute approximate surface area is 160 Å². The summed E-state index contributed by atoms with van der Waals surface area (Å²) in [7, 11) is -0.450. The number of esters is 2. The Kier molecular flexibility index (Phi) is 6.42. The molecule has 0 saturated heterocycles. The molecule has 0 aromatic heterocycles. The molecule has 1 saturated carbocycles. The van der Waals surface area contributed by atoms with Crippen molar-refractivity contribution < 1.29 is 23.7 Å². The van der Waals surface area contributed by atoms with Crippen molar-refractivity contribution in [1.82, 2.24) is 0 Å². The molecule has 0 radical (unpaired) electrons. The van der Waals surface area contributed by atoms with Crippen LogP contribution in [0.1, 0.15) is 68.3 Å². The average Bonchev–Trinajstić information content (AvgIpc) is 2.62. The van der Waals surface area contributed by atoms with Crippen molar-refractivity contribution in [3.05, 3.63) is 29.3 Å². The summed E-state index contributed by atoms with van der Waals surface area (Å²) in [4.78, 5) is 24.7. The highest BCUT2D eigenvalue weighted by molar-refractivity contribution is 6.51. The number of hydrogen-bond donors (Lipinski definition) is 1. The lowest BCUT2D eigenvalue weighted by Crippen LogP contribution is -2.41. The highest BCUT2D eigenvalue weighted by Crippen LogP contribution is 2.34. The molecule has 0 bridgehead atoms. The first kappa shape index (κ1) is 19.7.